The van der Waals surface area contributed by atoms with Crippen LogP contribution in [-0.2, 0) is 28.9 Å². The lowest BCUT2D eigenvalue weighted by molar-refractivity contribution is -0.137. The number of hydrogen-bond acceptors (Lipinski definition) is 2. The second kappa shape index (κ2) is 8.13. The molecule has 0 saturated heterocycles. The molecule has 0 aromatic heterocycles. The summed E-state index contributed by atoms with van der Waals surface area (Å²) >= 11 is 0. The van der Waals surface area contributed by atoms with Gasteiger partial charge in [-0.05, 0) is 41.7 Å². The van der Waals surface area contributed by atoms with E-state index < -0.39 is 5.97 Å². The highest BCUT2D eigenvalue weighted by Gasteiger charge is 2.07. The van der Waals surface area contributed by atoms with Crippen LogP contribution in [0.1, 0.15) is 30.0 Å². The summed E-state index contributed by atoms with van der Waals surface area (Å²) in [7, 11) is 0. The van der Waals surface area contributed by atoms with Gasteiger partial charge in [-0.15, -0.1) is 0 Å². The van der Waals surface area contributed by atoms with E-state index in [9.17, 15) is 9.59 Å². The van der Waals surface area contributed by atoms with Crippen LogP contribution in [0, 0.1) is 0 Å². The second-order valence-electron chi connectivity index (χ2n) is 5.44. The van der Waals surface area contributed by atoms with Crippen LogP contribution in [0.4, 0.5) is 5.69 Å². The summed E-state index contributed by atoms with van der Waals surface area (Å²) in [6.07, 6.45) is 1.86. The van der Waals surface area contributed by atoms with Gasteiger partial charge in [-0.25, -0.2) is 0 Å². The number of carboxylic acids is 1. The minimum Gasteiger partial charge on any atom is -0.481 e. The fourth-order valence-electron chi connectivity index (χ4n) is 2.46. The van der Waals surface area contributed by atoms with Crippen LogP contribution < -0.4 is 5.32 Å². The SMILES string of the molecule is CCc1ccccc1CC(=O)Nc1ccc(CCC(=O)O)cc1. The van der Waals surface area contributed by atoms with E-state index >= 15 is 0 Å². The molecule has 120 valence electrons. The van der Waals surface area contributed by atoms with E-state index in [0.717, 1.165) is 23.2 Å². The lowest BCUT2D eigenvalue weighted by Crippen LogP contribution is -2.15. The van der Waals surface area contributed by atoms with Crippen molar-refractivity contribution in [3.8, 4) is 0 Å². The van der Waals surface area contributed by atoms with E-state index in [2.05, 4.69) is 12.2 Å². The Morgan fingerprint density at radius 2 is 1.65 bits per heavy atom. The van der Waals surface area contributed by atoms with Crippen LogP contribution in [0.25, 0.3) is 0 Å². The van der Waals surface area contributed by atoms with Crippen molar-refractivity contribution in [3.05, 3.63) is 65.2 Å². The third-order valence-corrected chi connectivity index (χ3v) is 3.72. The molecule has 2 aromatic rings. The lowest BCUT2D eigenvalue weighted by atomic mass is 10.0. The molecule has 0 aliphatic carbocycles. The van der Waals surface area contributed by atoms with E-state index in [1.54, 1.807) is 12.1 Å². The predicted octanol–water partition coefficient (Wildman–Crippen LogP) is 3.45. The minimum atomic E-state index is -0.808. The quantitative estimate of drug-likeness (QED) is 0.823. The van der Waals surface area contributed by atoms with Crippen molar-refractivity contribution in [2.24, 2.45) is 0 Å². The zero-order chi connectivity index (χ0) is 16.7. The third kappa shape index (κ3) is 5.25. The number of aryl methyl sites for hydroxylation is 2. The molecule has 0 radical (unpaired) electrons. The molecule has 0 atom stereocenters. The summed E-state index contributed by atoms with van der Waals surface area (Å²) < 4.78 is 0. The van der Waals surface area contributed by atoms with Crippen LogP contribution in [0.15, 0.2) is 48.5 Å². The Hall–Kier alpha value is -2.62. The lowest BCUT2D eigenvalue weighted by Gasteiger charge is -2.09. The molecular formula is C19H21NO3. The molecule has 2 N–H and O–H groups in total. The highest BCUT2D eigenvalue weighted by molar-refractivity contribution is 5.92. The van der Waals surface area contributed by atoms with E-state index in [1.165, 1.54) is 5.56 Å². The number of nitrogens with one attached hydrogen (secondary N) is 1. The van der Waals surface area contributed by atoms with Gasteiger partial charge in [0.1, 0.15) is 0 Å². The van der Waals surface area contributed by atoms with E-state index in [4.69, 9.17) is 5.11 Å². The summed E-state index contributed by atoms with van der Waals surface area (Å²) in [5.74, 6) is -0.860. The Labute approximate surface area is 136 Å². The summed E-state index contributed by atoms with van der Waals surface area (Å²) in [5, 5.41) is 11.6. The molecule has 2 aromatic carbocycles. The van der Waals surface area contributed by atoms with Crippen LogP contribution in [-0.4, -0.2) is 17.0 Å². The Morgan fingerprint density at radius 1 is 1.00 bits per heavy atom. The number of aliphatic carboxylic acids is 1. The molecule has 0 heterocycles. The molecule has 0 fully saturated rings. The van der Waals surface area contributed by atoms with Crippen molar-refractivity contribution in [3.63, 3.8) is 0 Å². The van der Waals surface area contributed by atoms with Crippen molar-refractivity contribution >= 4 is 17.6 Å². The van der Waals surface area contributed by atoms with Crippen LogP contribution in [0.3, 0.4) is 0 Å². The molecule has 0 saturated carbocycles. The van der Waals surface area contributed by atoms with E-state index in [1.807, 2.05) is 36.4 Å². The first-order valence-corrected chi connectivity index (χ1v) is 7.76. The van der Waals surface area contributed by atoms with E-state index in [0.29, 0.717) is 12.8 Å². The molecule has 4 nitrogen and oxygen atoms in total. The molecule has 0 spiro atoms. The summed E-state index contributed by atoms with van der Waals surface area (Å²) in [6.45, 7) is 2.08. The molecule has 4 heteroatoms. The zero-order valence-electron chi connectivity index (χ0n) is 13.2. The van der Waals surface area contributed by atoms with Gasteiger partial charge in [0.05, 0.1) is 6.42 Å². The number of carboxylic acid groups (broad SMARTS) is 1. The second-order valence-corrected chi connectivity index (χ2v) is 5.44. The van der Waals surface area contributed by atoms with E-state index in [-0.39, 0.29) is 12.3 Å². The van der Waals surface area contributed by atoms with Gasteiger partial charge >= 0.3 is 5.97 Å². The Balaban J connectivity index is 1.93. The van der Waals surface area contributed by atoms with Gasteiger partial charge < -0.3 is 10.4 Å². The van der Waals surface area contributed by atoms with Crippen molar-refractivity contribution in [1.82, 2.24) is 0 Å². The fourth-order valence-corrected chi connectivity index (χ4v) is 2.46. The first-order chi connectivity index (χ1) is 11.1. The number of carbonyl (C=O) groups is 2. The number of rotatable bonds is 7. The Kier molecular flexibility index (Phi) is 5.92. The average molecular weight is 311 g/mol. The molecule has 0 aliphatic rings. The molecular weight excluding hydrogens is 290 g/mol. The third-order valence-electron chi connectivity index (χ3n) is 3.72. The van der Waals surface area contributed by atoms with Gasteiger partial charge in [0.15, 0.2) is 0 Å². The normalized spacial score (nSPS) is 10.3. The monoisotopic (exact) mass is 311 g/mol. The topological polar surface area (TPSA) is 66.4 Å². The van der Waals surface area contributed by atoms with Gasteiger partial charge in [0.25, 0.3) is 0 Å². The molecule has 1 amide bonds. The maximum atomic E-state index is 12.2. The van der Waals surface area contributed by atoms with Gasteiger partial charge in [-0.1, -0.05) is 43.3 Å². The molecule has 0 bridgehead atoms. The maximum absolute atomic E-state index is 12.2. The van der Waals surface area contributed by atoms with Crippen molar-refractivity contribution < 1.29 is 14.7 Å². The van der Waals surface area contributed by atoms with Crippen LogP contribution in [0.5, 0.6) is 0 Å². The van der Waals surface area contributed by atoms with Gasteiger partial charge in [0.2, 0.25) is 5.91 Å². The van der Waals surface area contributed by atoms with Crippen molar-refractivity contribution in [2.75, 3.05) is 5.32 Å². The predicted molar refractivity (Wildman–Crippen MR) is 90.6 cm³/mol. The fraction of sp³-hybridized carbons (Fsp3) is 0.263. The summed E-state index contributed by atoms with van der Waals surface area (Å²) in [6, 6.07) is 15.3. The maximum Gasteiger partial charge on any atom is 0.303 e. The van der Waals surface area contributed by atoms with Gasteiger partial charge in [-0.3, -0.25) is 9.59 Å². The smallest absolute Gasteiger partial charge is 0.303 e. The molecule has 23 heavy (non-hydrogen) atoms. The summed E-state index contributed by atoms with van der Waals surface area (Å²) in [5.41, 5.74) is 3.90. The highest BCUT2D eigenvalue weighted by atomic mass is 16.4. The number of amides is 1. The average Bonchev–Trinajstić information content (AvgIpc) is 2.54. The Morgan fingerprint density at radius 3 is 2.26 bits per heavy atom. The minimum absolute atomic E-state index is 0.0517. The van der Waals surface area contributed by atoms with Crippen LogP contribution >= 0.6 is 0 Å². The number of carbonyl (C=O) groups excluding carboxylic acids is 1. The van der Waals surface area contributed by atoms with Gasteiger partial charge in [0, 0.05) is 12.1 Å². The van der Waals surface area contributed by atoms with Crippen molar-refractivity contribution in [1.29, 1.82) is 0 Å². The summed E-state index contributed by atoms with van der Waals surface area (Å²) in [4.78, 5) is 22.7. The first-order valence-electron chi connectivity index (χ1n) is 7.76. The van der Waals surface area contributed by atoms with Crippen molar-refractivity contribution in [2.45, 2.75) is 32.6 Å². The number of benzene rings is 2. The molecule has 2 rings (SSSR count). The van der Waals surface area contributed by atoms with Gasteiger partial charge in [-0.2, -0.15) is 0 Å². The standard InChI is InChI=1S/C19H21NO3/c1-2-15-5-3-4-6-16(15)13-18(21)20-17-10-7-14(8-11-17)9-12-19(22)23/h3-8,10-11H,2,9,12-13H2,1H3,(H,20,21)(H,22,23). The highest BCUT2D eigenvalue weighted by Crippen LogP contribution is 2.14. The molecule has 0 aliphatic heterocycles. The largest absolute Gasteiger partial charge is 0.481 e. The first kappa shape index (κ1) is 16.7. The Bertz CT molecular complexity index is 677. The zero-order valence-corrected chi connectivity index (χ0v) is 13.2. The molecule has 0 unspecified atom stereocenters. The number of anilines is 1. The number of hydrogen-bond donors (Lipinski definition) is 2. The van der Waals surface area contributed by atoms with Crippen LogP contribution in [0.2, 0.25) is 0 Å².